The number of nitrogen functional groups attached to an aromatic ring is 2. The number of benzene rings is 3. The molecular formula is C20H16N4. The Bertz CT molecular complexity index is 1030. The summed E-state index contributed by atoms with van der Waals surface area (Å²) in [6.45, 7) is 0. The van der Waals surface area contributed by atoms with Crippen molar-refractivity contribution < 1.29 is 0 Å². The van der Waals surface area contributed by atoms with Crippen LogP contribution in [0.1, 0.15) is 0 Å². The van der Waals surface area contributed by atoms with E-state index in [2.05, 4.69) is 16.3 Å². The standard InChI is InChI=1S/C20H16N4/c21-14-10-11-18(22)17(12-14)20-16-9-5-4-8-15(16)19(23-24-20)13-6-2-1-3-7-13/h1-12H,21-22H2. The van der Waals surface area contributed by atoms with Crippen molar-refractivity contribution in [3.05, 3.63) is 72.8 Å². The molecule has 0 radical (unpaired) electrons. The van der Waals surface area contributed by atoms with Crippen LogP contribution in [0.3, 0.4) is 0 Å². The summed E-state index contributed by atoms with van der Waals surface area (Å²) in [6.07, 6.45) is 0. The molecule has 0 aliphatic heterocycles. The summed E-state index contributed by atoms with van der Waals surface area (Å²) in [7, 11) is 0. The lowest BCUT2D eigenvalue weighted by Gasteiger charge is -2.11. The van der Waals surface area contributed by atoms with Gasteiger partial charge in [0.25, 0.3) is 0 Å². The van der Waals surface area contributed by atoms with E-state index < -0.39 is 0 Å². The predicted octanol–water partition coefficient (Wildman–Crippen LogP) is 4.13. The third-order valence-corrected chi connectivity index (χ3v) is 4.07. The molecule has 0 fully saturated rings. The second kappa shape index (κ2) is 5.66. The Balaban J connectivity index is 2.02. The van der Waals surface area contributed by atoms with Crippen LogP contribution in [0, 0.1) is 0 Å². The quantitative estimate of drug-likeness (QED) is 0.546. The molecule has 0 aliphatic carbocycles. The van der Waals surface area contributed by atoms with Crippen molar-refractivity contribution in [1.29, 1.82) is 0 Å². The summed E-state index contributed by atoms with van der Waals surface area (Å²) in [5, 5.41) is 11.0. The number of anilines is 2. The third kappa shape index (κ3) is 2.34. The molecule has 4 heteroatoms. The molecule has 1 heterocycles. The predicted molar refractivity (Wildman–Crippen MR) is 99.2 cm³/mol. The van der Waals surface area contributed by atoms with E-state index in [-0.39, 0.29) is 0 Å². The Labute approximate surface area is 139 Å². The molecule has 0 unspecified atom stereocenters. The molecule has 1 aromatic heterocycles. The average Bonchev–Trinajstić information content (AvgIpc) is 2.64. The van der Waals surface area contributed by atoms with Crippen molar-refractivity contribution >= 4 is 22.1 Å². The van der Waals surface area contributed by atoms with E-state index in [0.717, 1.165) is 33.3 Å². The van der Waals surface area contributed by atoms with Gasteiger partial charge in [-0.25, -0.2) is 0 Å². The number of hydrogen-bond acceptors (Lipinski definition) is 4. The van der Waals surface area contributed by atoms with Crippen LogP contribution in [0.4, 0.5) is 11.4 Å². The van der Waals surface area contributed by atoms with Crippen LogP contribution in [0.25, 0.3) is 33.3 Å². The fourth-order valence-electron chi connectivity index (χ4n) is 2.89. The van der Waals surface area contributed by atoms with E-state index in [1.807, 2.05) is 54.6 Å². The van der Waals surface area contributed by atoms with E-state index >= 15 is 0 Å². The second-order valence-electron chi connectivity index (χ2n) is 5.66. The second-order valence-corrected chi connectivity index (χ2v) is 5.66. The van der Waals surface area contributed by atoms with E-state index in [0.29, 0.717) is 11.4 Å². The van der Waals surface area contributed by atoms with Crippen LogP contribution in [0.15, 0.2) is 72.8 Å². The molecule has 0 bridgehead atoms. The minimum Gasteiger partial charge on any atom is -0.399 e. The Hall–Kier alpha value is -3.40. The van der Waals surface area contributed by atoms with Gasteiger partial charge in [0.2, 0.25) is 0 Å². The molecule has 0 atom stereocenters. The van der Waals surface area contributed by atoms with Crippen LogP contribution in [-0.2, 0) is 0 Å². The average molecular weight is 312 g/mol. The van der Waals surface area contributed by atoms with Crippen LogP contribution in [0.5, 0.6) is 0 Å². The molecule has 4 rings (SSSR count). The summed E-state index contributed by atoms with van der Waals surface area (Å²) in [6, 6.07) is 23.6. The number of hydrogen-bond donors (Lipinski definition) is 2. The lowest BCUT2D eigenvalue weighted by molar-refractivity contribution is 1.06. The lowest BCUT2D eigenvalue weighted by atomic mass is 9.99. The number of rotatable bonds is 2. The minimum absolute atomic E-state index is 0.635. The Kier molecular flexibility index (Phi) is 3.35. The number of fused-ring (bicyclic) bond motifs is 1. The SMILES string of the molecule is Nc1ccc(N)c(-c2nnc(-c3ccccc3)c3ccccc23)c1. The molecule has 24 heavy (non-hydrogen) atoms. The van der Waals surface area contributed by atoms with Gasteiger partial charge < -0.3 is 11.5 Å². The van der Waals surface area contributed by atoms with Gasteiger partial charge in [-0.3, -0.25) is 0 Å². The molecule has 0 aliphatic rings. The summed E-state index contributed by atoms with van der Waals surface area (Å²) in [5.74, 6) is 0. The highest BCUT2D eigenvalue weighted by molar-refractivity contribution is 6.03. The van der Waals surface area contributed by atoms with Crippen LogP contribution in [0.2, 0.25) is 0 Å². The summed E-state index contributed by atoms with van der Waals surface area (Å²) >= 11 is 0. The molecule has 3 aromatic carbocycles. The Morgan fingerprint density at radius 2 is 1.25 bits per heavy atom. The van der Waals surface area contributed by atoms with Crippen molar-refractivity contribution in [3.8, 4) is 22.5 Å². The smallest absolute Gasteiger partial charge is 0.103 e. The first-order valence-electron chi connectivity index (χ1n) is 7.70. The van der Waals surface area contributed by atoms with Gasteiger partial charge >= 0.3 is 0 Å². The first-order chi connectivity index (χ1) is 11.7. The molecular weight excluding hydrogens is 296 g/mol. The normalized spacial score (nSPS) is 10.8. The fraction of sp³-hybridized carbons (Fsp3) is 0. The fourth-order valence-corrected chi connectivity index (χ4v) is 2.89. The van der Waals surface area contributed by atoms with Crippen molar-refractivity contribution in [3.63, 3.8) is 0 Å². The van der Waals surface area contributed by atoms with Gasteiger partial charge in [0.15, 0.2) is 0 Å². The molecule has 0 amide bonds. The van der Waals surface area contributed by atoms with E-state index in [4.69, 9.17) is 11.5 Å². The molecule has 0 saturated heterocycles. The van der Waals surface area contributed by atoms with Gasteiger partial charge in [-0.05, 0) is 18.2 Å². The van der Waals surface area contributed by atoms with Crippen molar-refractivity contribution in [2.75, 3.05) is 11.5 Å². The number of aromatic nitrogens is 2. The van der Waals surface area contributed by atoms with Crippen molar-refractivity contribution in [2.24, 2.45) is 0 Å². The highest BCUT2D eigenvalue weighted by atomic mass is 15.1. The van der Waals surface area contributed by atoms with E-state index in [9.17, 15) is 0 Å². The zero-order valence-electron chi connectivity index (χ0n) is 13.0. The van der Waals surface area contributed by atoms with Crippen LogP contribution >= 0.6 is 0 Å². The van der Waals surface area contributed by atoms with Gasteiger partial charge in [0, 0.05) is 33.3 Å². The minimum atomic E-state index is 0.635. The zero-order chi connectivity index (χ0) is 16.5. The Morgan fingerprint density at radius 1 is 0.625 bits per heavy atom. The number of nitrogens with two attached hydrogens (primary N) is 2. The largest absolute Gasteiger partial charge is 0.399 e. The van der Waals surface area contributed by atoms with E-state index in [1.165, 1.54) is 0 Å². The first kappa shape index (κ1) is 14.2. The monoisotopic (exact) mass is 312 g/mol. The molecule has 0 spiro atoms. The zero-order valence-corrected chi connectivity index (χ0v) is 13.0. The number of nitrogens with zero attached hydrogens (tertiary/aromatic N) is 2. The maximum Gasteiger partial charge on any atom is 0.103 e. The lowest BCUT2D eigenvalue weighted by Crippen LogP contribution is -1.98. The van der Waals surface area contributed by atoms with Gasteiger partial charge in [-0.1, -0.05) is 54.6 Å². The summed E-state index contributed by atoms with van der Waals surface area (Å²) < 4.78 is 0. The molecule has 116 valence electrons. The van der Waals surface area contributed by atoms with Gasteiger partial charge in [-0.15, -0.1) is 10.2 Å². The molecule has 0 saturated carbocycles. The summed E-state index contributed by atoms with van der Waals surface area (Å²) in [4.78, 5) is 0. The van der Waals surface area contributed by atoms with Crippen molar-refractivity contribution in [1.82, 2.24) is 10.2 Å². The Morgan fingerprint density at radius 3 is 2.00 bits per heavy atom. The first-order valence-corrected chi connectivity index (χ1v) is 7.70. The van der Waals surface area contributed by atoms with Crippen LogP contribution in [-0.4, -0.2) is 10.2 Å². The highest BCUT2D eigenvalue weighted by Crippen LogP contribution is 2.35. The highest BCUT2D eigenvalue weighted by Gasteiger charge is 2.14. The van der Waals surface area contributed by atoms with E-state index in [1.54, 1.807) is 12.1 Å². The molecule has 4 nitrogen and oxygen atoms in total. The summed E-state index contributed by atoms with van der Waals surface area (Å²) in [5.41, 5.74) is 16.8. The molecule has 4 N–H and O–H groups in total. The topological polar surface area (TPSA) is 77.8 Å². The van der Waals surface area contributed by atoms with Gasteiger partial charge in [-0.2, -0.15) is 0 Å². The molecule has 4 aromatic rings. The maximum atomic E-state index is 6.14. The van der Waals surface area contributed by atoms with Crippen LogP contribution < -0.4 is 11.5 Å². The van der Waals surface area contributed by atoms with Crippen molar-refractivity contribution in [2.45, 2.75) is 0 Å². The maximum absolute atomic E-state index is 6.14. The van der Waals surface area contributed by atoms with Gasteiger partial charge in [0.05, 0.1) is 0 Å². The third-order valence-electron chi connectivity index (χ3n) is 4.07. The van der Waals surface area contributed by atoms with Gasteiger partial charge in [0.1, 0.15) is 11.4 Å².